The highest BCUT2D eigenvalue weighted by Gasteiger charge is 2.31. The SMILES string of the molecule is COC(=O)C(Cc1ccc(-c2ccnc(C)c2C)cc1)NC(=O)C1Cc2cc3c(cc2CN1)OC(c1ccc(OCc2ccc(Cl)c(Cl)c2)cc1)CO3. The van der Waals surface area contributed by atoms with Gasteiger partial charge in [-0.15, -0.1) is 0 Å². The lowest BCUT2D eigenvalue weighted by Crippen LogP contribution is -2.53. The van der Waals surface area contributed by atoms with E-state index in [1.807, 2.05) is 79.7 Å². The van der Waals surface area contributed by atoms with E-state index in [1.54, 1.807) is 18.3 Å². The minimum absolute atomic E-state index is 0.273. The molecular formula is C42H39Cl2N3O6. The van der Waals surface area contributed by atoms with Crippen molar-refractivity contribution in [2.75, 3.05) is 13.7 Å². The third-order valence-electron chi connectivity index (χ3n) is 9.81. The van der Waals surface area contributed by atoms with Crippen molar-refractivity contribution < 1.29 is 28.5 Å². The largest absolute Gasteiger partial charge is 0.489 e. The number of nitrogens with one attached hydrogen (secondary N) is 2. The lowest BCUT2D eigenvalue weighted by atomic mass is 9.94. The summed E-state index contributed by atoms with van der Waals surface area (Å²) in [6.07, 6.45) is 2.23. The van der Waals surface area contributed by atoms with Gasteiger partial charge < -0.3 is 29.6 Å². The molecule has 3 unspecified atom stereocenters. The van der Waals surface area contributed by atoms with Gasteiger partial charge in [-0.25, -0.2) is 4.79 Å². The number of rotatable bonds is 10. The van der Waals surface area contributed by atoms with Crippen molar-refractivity contribution in [2.24, 2.45) is 0 Å². The van der Waals surface area contributed by atoms with Gasteiger partial charge >= 0.3 is 5.97 Å². The zero-order valence-corrected chi connectivity index (χ0v) is 31.1. The van der Waals surface area contributed by atoms with Crippen molar-refractivity contribution in [1.29, 1.82) is 0 Å². The zero-order valence-electron chi connectivity index (χ0n) is 29.6. The molecule has 4 aromatic carbocycles. The summed E-state index contributed by atoms with van der Waals surface area (Å²) in [6.45, 7) is 5.20. The molecule has 2 N–H and O–H groups in total. The molecule has 5 aromatic rings. The number of nitrogens with zero attached hydrogens (tertiary/aromatic N) is 1. The molecule has 0 spiro atoms. The number of esters is 1. The van der Waals surface area contributed by atoms with Gasteiger partial charge in [0.05, 0.1) is 23.2 Å². The fourth-order valence-electron chi connectivity index (χ4n) is 6.62. The van der Waals surface area contributed by atoms with Crippen LogP contribution in [0.3, 0.4) is 0 Å². The summed E-state index contributed by atoms with van der Waals surface area (Å²) >= 11 is 12.1. The minimum atomic E-state index is -0.841. The number of carbonyl (C=O) groups excluding carboxylic acids is 2. The number of hydrogen-bond acceptors (Lipinski definition) is 8. The standard InChI is InChI=1S/C42H39Cl2N3O6/c1-24-25(2)45-15-14-33(24)28-7-4-26(5-8-28)17-37(42(49)50-3)47-41(48)36-18-30-19-38-39(20-31(30)21-46-36)53-40(23-52-38)29-9-11-32(12-10-29)51-22-27-6-13-34(43)35(44)16-27/h4-16,19-20,36-37,40,46H,17-18,21-23H2,1-3H3,(H,47,48). The average molecular weight is 753 g/mol. The molecule has 53 heavy (non-hydrogen) atoms. The van der Waals surface area contributed by atoms with Gasteiger partial charge in [0.2, 0.25) is 5.91 Å². The minimum Gasteiger partial charge on any atom is -0.489 e. The second kappa shape index (κ2) is 15.9. The van der Waals surface area contributed by atoms with Crippen LogP contribution in [0.1, 0.15) is 45.2 Å². The first kappa shape index (κ1) is 36.3. The van der Waals surface area contributed by atoms with Crippen molar-refractivity contribution in [3.63, 3.8) is 0 Å². The number of hydrogen-bond donors (Lipinski definition) is 2. The molecule has 0 fully saturated rings. The number of pyridine rings is 1. The maximum absolute atomic E-state index is 13.5. The highest BCUT2D eigenvalue weighted by atomic mass is 35.5. The molecule has 9 nitrogen and oxygen atoms in total. The van der Waals surface area contributed by atoms with Gasteiger partial charge in [-0.3, -0.25) is 9.78 Å². The summed E-state index contributed by atoms with van der Waals surface area (Å²) < 4.78 is 23.6. The Labute approximate surface area is 318 Å². The van der Waals surface area contributed by atoms with Crippen LogP contribution in [0.25, 0.3) is 11.1 Å². The van der Waals surface area contributed by atoms with Crippen LogP contribution in [0.4, 0.5) is 0 Å². The molecule has 0 saturated heterocycles. The van der Waals surface area contributed by atoms with Crippen molar-refractivity contribution >= 4 is 35.1 Å². The topological polar surface area (TPSA) is 108 Å². The number of ether oxygens (including phenoxy) is 4. The molecular weight excluding hydrogens is 713 g/mol. The van der Waals surface area contributed by atoms with Crippen LogP contribution in [-0.4, -0.2) is 42.7 Å². The molecule has 3 heterocycles. The van der Waals surface area contributed by atoms with Crippen molar-refractivity contribution in [3.05, 3.63) is 140 Å². The molecule has 0 aliphatic carbocycles. The molecule has 0 radical (unpaired) electrons. The smallest absolute Gasteiger partial charge is 0.328 e. The first-order chi connectivity index (χ1) is 25.6. The molecule has 272 valence electrons. The van der Waals surface area contributed by atoms with Crippen molar-refractivity contribution in [2.45, 2.75) is 58.0 Å². The number of aromatic nitrogens is 1. The average Bonchev–Trinajstić information content (AvgIpc) is 3.18. The summed E-state index contributed by atoms with van der Waals surface area (Å²) in [5, 5.41) is 7.26. The Morgan fingerprint density at radius 2 is 1.68 bits per heavy atom. The molecule has 0 bridgehead atoms. The number of carbonyl (C=O) groups is 2. The fourth-order valence-corrected chi connectivity index (χ4v) is 6.94. The Bertz CT molecular complexity index is 2140. The molecule has 1 amide bonds. The van der Waals surface area contributed by atoms with E-state index in [0.29, 0.717) is 59.9 Å². The van der Waals surface area contributed by atoms with Crippen LogP contribution in [-0.2, 0) is 40.3 Å². The van der Waals surface area contributed by atoms with Crippen LogP contribution >= 0.6 is 23.2 Å². The number of amides is 1. The predicted octanol–water partition coefficient (Wildman–Crippen LogP) is 7.68. The van der Waals surface area contributed by atoms with Gasteiger partial charge in [0.1, 0.15) is 25.0 Å². The van der Waals surface area contributed by atoms with Crippen LogP contribution in [0, 0.1) is 13.8 Å². The number of fused-ring (bicyclic) bond motifs is 2. The van der Waals surface area contributed by atoms with E-state index >= 15 is 0 Å². The fraction of sp³-hybridized carbons (Fsp3) is 0.262. The van der Waals surface area contributed by atoms with Crippen molar-refractivity contribution in [1.82, 2.24) is 15.6 Å². The second-order valence-electron chi connectivity index (χ2n) is 13.3. The quantitative estimate of drug-likeness (QED) is 0.140. The van der Waals surface area contributed by atoms with Gasteiger partial charge in [0.15, 0.2) is 17.6 Å². The zero-order chi connectivity index (χ0) is 37.1. The Hall–Kier alpha value is -5.09. The number of benzene rings is 4. The van der Waals surface area contributed by atoms with E-state index in [4.69, 9.17) is 42.1 Å². The highest BCUT2D eigenvalue weighted by Crippen LogP contribution is 2.40. The van der Waals surface area contributed by atoms with Crippen LogP contribution < -0.4 is 24.8 Å². The Kier molecular flexibility index (Phi) is 10.9. The van der Waals surface area contributed by atoms with Crippen LogP contribution in [0.2, 0.25) is 10.0 Å². The summed E-state index contributed by atoms with van der Waals surface area (Å²) in [7, 11) is 1.33. The first-order valence-electron chi connectivity index (χ1n) is 17.4. The molecule has 7 rings (SSSR count). The van der Waals surface area contributed by atoms with E-state index in [-0.39, 0.29) is 12.0 Å². The molecule has 2 aliphatic rings. The summed E-state index contributed by atoms with van der Waals surface area (Å²) in [4.78, 5) is 30.7. The van der Waals surface area contributed by atoms with E-state index in [9.17, 15) is 9.59 Å². The molecule has 11 heteroatoms. The first-order valence-corrected chi connectivity index (χ1v) is 18.2. The highest BCUT2D eigenvalue weighted by molar-refractivity contribution is 6.42. The maximum atomic E-state index is 13.5. The lowest BCUT2D eigenvalue weighted by Gasteiger charge is -2.31. The van der Waals surface area contributed by atoms with Gasteiger partial charge in [0.25, 0.3) is 0 Å². The van der Waals surface area contributed by atoms with Gasteiger partial charge in [0, 0.05) is 24.9 Å². The monoisotopic (exact) mass is 751 g/mol. The molecule has 0 saturated carbocycles. The van der Waals surface area contributed by atoms with E-state index < -0.39 is 18.1 Å². The molecule has 2 aliphatic heterocycles. The number of halogens is 2. The molecule has 1 aromatic heterocycles. The van der Waals surface area contributed by atoms with Gasteiger partial charge in [-0.2, -0.15) is 0 Å². The van der Waals surface area contributed by atoms with Crippen molar-refractivity contribution in [3.8, 4) is 28.4 Å². The lowest BCUT2D eigenvalue weighted by molar-refractivity contribution is -0.145. The van der Waals surface area contributed by atoms with E-state index in [0.717, 1.165) is 50.2 Å². The summed E-state index contributed by atoms with van der Waals surface area (Å²) in [6, 6.07) is 25.7. The normalized spacial score (nSPS) is 16.6. The van der Waals surface area contributed by atoms with E-state index in [1.165, 1.54) is 7.11 Å². The number of aryl methyl sites for hydroxylation is 1. The van der Waals surface area contributed by atoms with Crippen LogP contribution in [0.5, 0.6) is 17.2 Å². The maximum Gasteiger partial charge on any atom is 0.328 e. The van der Waals surface area contributed by atoms with Crippen LogP contribution in [0.15, 0.2) is 91.1 Å². The second-order valence-corrected chi connectivity index (χ2v) is 14.1. The summed E-state index contributed by atoms with van der Waals surface area (Å²) in [5.41, 5.74) is 9.06. The Balaban J connectivity index is 0.956. The summed E-state index contributed by atoms with van der Waals surface area (Å²) in [5.74, 6) is 1.23. The van der Waals surface area contributed by atoms with E-state index in [2.05, 4.69) is 22.5 Å². The van der Waals surface area contributed by atoms with Gasteiger partial charge in [-0.1, -0.05) is 65.7 Å². The predicted molar refractivity (Wildman–Crippen MR) is 204 cm³/mol. The third-order valence-corrected chi connectivity index (χ3v) is 10.5. The number of methoxy groups -OCH3 is 1. The third kappa shape index (κ3) is 8.28. The molecule has 3 atom stereocenters. The Morgan fingerprint density at radius 3 is 2.43 bits per heavy atom. The Morgan fingerprint density at radius 1 is 0.925 bits per heavy atom. The van der Waals surface area contributed by atoms with Gasteiger partial charge in [-0.05, 0) is 107 Å².